The summed E-state index contributed by atoms with van der Waals surface area (Å²) >= 11 is 1.61. The number of fused-ring (bicyclic) bond motifs is 2. The van der Waals surface area contributed by atoms with Gasteiger partial charge in [0.25, 0.3) is 11.8 Å². The van der Waals surface area contributed by atoms with E-state index in [9.17, 15) is 9.59 Å². The first kappa shape index (κ1) is 19.6. The summed E-state index contributed by atoms with van der Waals surface area (Å²) in [4.78, 5) is 32.2. The van der Waals surface area contributed by atoms with E-state index in [0.717, 1.165) is 23.4 Å². The summed E-state index contributed by atoms with van der Waals surface area (Å²) in [5.41, 5.74) is 2.04. The van der Waals surface area contributed by atoms with Crippen LogP contribution in [0.1, 0.15) is 33.5 Å². The Morgan fingerprint density at radius 1 is 1.17 bits per heavy atom. The van der Waals surface area contributed by atoms with Crippen molar-refractivity contribution in [1.82, 2.24) is 4.90 Å². The molecule has 158 valence electrons. The van der Waals surface area contributed by atoms with Crippen LogP contribution in [0.4, 0.5) is 5.69 Å². The van der Waals surface area contributed by atoms with Crippen molar-refractivity contribution in [3.05, 3.63) is 45.6 Å². The van der Waals surface area contributed by atoms with Crippen LogP contribution >= 0.6 is 11.3 Å². The predicted molar refractivity (Wildman–Crippen MR) is 115 cm³/mol. The summed E-state index contributed by atoms with van der Waals surface area (Å²) in [7, 11) is 0. The number of hydrogen-bond donors (Lipinski definition) is 0. The van der Waals surface area contributed by atoms with Crippen molar-refractivity contribution in [3.63, 3.8) is 0 Å². The molecule has 0 bridgehead atoms. The van der Waals surface area contributed by atoms with Gasteiger partial charge in [-0.3, -0.25) is 14.5 Å². The van der Waals surface area contributed by atoms with Crippen molar-refractivity contribution in [2.45, 2.75) is 32.3 Å². The molecule has 7 heteroatoms. The van der Waals surface area contributed by atoms with Gasteiger partial charge in [0.05, 0.1) is 30.3 Å². The van der Waals surface area contributed by atoms with Crippen molar-refractivity contribution in [3.8, 4) is 5.75 Å². The van der Waals surface area contributed by atoms with Gasteiger partial charge in [0.1, 0.15) is 5.75 Å². The van der Waals surface area contributed by atoms with Gasteiger partial charge in [-0.2, -0.15) is 0 Å². The maximum absolute atomic E-state index is 13.5. The third-order valence-electron chi connectivity index (χ3n) is 6.16. The average molecular weight is 427 g/mol. The summed E-state index contributed by atoms with van der Waals surface area (Å²) in [5, 5.41) is 0. The summed E-state index contributed by atoms with van der Waals surface area (Å²) in [6, 6.07) is 9.55. The molecular weight excluding hydrogens is 400 g/mol. The van der Waals surface area contributed by atoms with Crippen molar-refractivity contribution in [2.24, 2.45) is 5.92 Å². The number of aryl methyl sites for hydroxylation is 1. The number of morpholine rings is 1. The quantitative estimate of drug-likeness (QED) is 0.740. The van der Waals surface area contributed by atoms with Crippen LogP contribution in [0.3, 0.4) is 0 Å². The van der Waals surface area contributed by atoms with Crippen LogP contribution in [0.5, 0.6) is 5.75 Å². The van der Waals surface area contributed by atoms with Crippen LogP contribution < -0.4 is 9.64 Å². The van der Waals surface area contributed by atoms with Crippen LogP contribution in [0.15, 0.2) is 30.3 Å². The number of hydrogen-bond acceptors (Lipinski definition) is 5. The second-order valence-electron chi connectivity index (χ2n) is 8.33. The number of nitrogens with zero attached hydrogens (tertiary/aromatic N) is 2. The summed E-state index contributed by atoms with van der Waals surface area (Å²) < 4.78 is 11.4. The van der Waals surface area contributed by atoms with Gasteiger partial charge in [-0.05, 0) is 48.9 Å². The molecule has 0 saturated carbocycles. The van der Waals surface area contributed by atoms with Gasteiger partial charge in [-0.1, -0.05) is 19.1 Å². The number of carbonyl (C=O) groups is 2. The van der Waals surface area contributed by atoms with Gasteiger partial charge in [-0.15, -0.1) is 11.3 Å². The zero-order valence-corrected chi connectivity index (χ0v) is 18.0. The second-order valence-corrected chi connectivity index (χ2v) is 9.47. The van der Waals surface area contributed by atoms with Crippen molar-refractivity contribution in [2.75, 3.05) is 37.7 Å². The van der Waals surface area contributed by atoms with Gasteiger partial charge in [0.15, 0.2) is 6.10 Å². The average Bonchev–Trinajstić information content (AvgIpc) is 3.21. The van der Waals surface area contributed by atoms with E-state index in [1.165, 1.54) is 16.9 Å². The third-order valence-corrected chi connectivity index (χ3v) is 7.38. The van der Waals surface area contributed by atoms with E-state index in [1.807, 2.05) is 24.3 Å². The lowest BCUT2D eigenvalue weighted by Crippen LogP contribution is -2.54. The number of carbonyl (C=O) groups excluding carboxylic acids is 2. The molecule has 5 rings (SSSR count). The summed E-state index contributed by atoms with van der Waals surface area (Å²) in [5.74, 6) is 1.12. The Bertz CT molecular complexity index is 966. The van der Waals surface area contributed by atoms with E-state index < -0.39 is 6.10 Å². The van der Waals surface area contributed by atoms with E-state index in [-0.39, 0.29) is 18.4 Å². The number of rotatable bonds is 2. The molecule has 0 spiro atoms. The minimum atomic E-state index is -0.698. The SMILES string of the molecule is CC1CCc2sc(C(=O)N3CC(C(=O)N4CCOCC4)Oc4ccccc43)cc2C1. The minimum absolute atomic E-state index is 0.0439. The highest BCUT2D eigenvalue weighted by Crippen LogP contribution is 2.37. The first-order chi connectivity index (χ1) is 14.6. The molecule has 1 aromatic heterocycles. The predicted octanol–water partition coefficient (Wildman–Crippen LogP) is 3.14. The lowest BCUT2D eigenvalue weighted by Gasteiger charge is -2.37. The first-order valence-electron chi connectivity index (χ1n) is 10.7. The molecule has 2 amide bonds. The van der Waals surface area contributed by atoms with Crippen LogP contribution in [0, 0.1) is 5.92 Å². The molecular formula is C23H26N2O4S. The topological polar surface area (TPSA) is 59.1 Å². The normalized spacial score (nSPS) is 23.4. The fourth-order valence-corrected chi connectivity index (χ4v) is 5.64. The van der Waals surface area contributed by atoms with Crippen LogP contribution in [-0.4, -0.2) is 55.7 Å². The molecule has 1 saturated heterocycles. The fourth-order valence-electron chi connectivity index (χ4n) is 4.49. The highest BCUT2D eigenvalue weighted by molar-refractivity contribution is 7.14. The molecule has 2 atom stereocenters. The monoisotopic (exact) mass is 426 g/mol. The number of thiophene rings is 1. The smallest absolute Gasteiger partial charge is 0.268 e. The molecule has 1 aromatic carbocycles. The van der Waals surface area contributed by atoms with Gasteiger partial charge in [0, 0.05) is 18.0 Å². The molecule has 0 N–H and O–H groups in total. The van der Waals surface area contributed by atoms with Gasteiger partial charge >= 0.3 is 0 Å². The Hall–Kier alpha value is -2.38. The van der Waals surface area contributed by atoms with Gasteiger partial charge < -0.3 is 14.4 Å². The molecule has 6 nitrogen and oxygen atoms in total. The largest absolute Gasteiger partial charge is 0.476 e. The standard InChI is InChI=1S/C23H26N2O4S/c1-15-6-7-20-16(12-15)13-21(30-20)23(27)25-14-19(22(26)24-8-10-28-11-9-24)29-18-5-3-2-4-17(18)25/h2-5,13,15,19H,6-12,14H2,1H3. The molecule has 2 unspecified atom stereocenters. The maximum Gasteiger partial charge on any atom is 0.268 e. The third kappa shape index (κ3) is 3.61. The Morgan fingerprint density at radius 3 is 2.80 bits per heavy atom. The van der Waals surface area contributed by atoms with E-state index in [1.54, 1.807) is 21.1 Å². The highest BCUT2D eigenvalue weighted by atomic mass is 32.1. The summed E-state index contributed by atoms with van der Waals surface area (Å²) in [6.45, 7) is 4.69. The van der Waals surface area contributed by atoms with Gasteiger partial charge in [-0.25, -0.2) is 0 Å². The Morgan fingerprint density at radius 2 is 1.97 bits per heavy atom. The van der Waals surface area contributed by atoms with E-state index in [0.29, 0.717) is 38.0 Å². The zero-order valence-electron chi connectivity index (χ0n) is 17.1. The highest BCUT2D eigenvalue weighted by Gasteiger charge is 2.37. The van der Waals surface area contributed by atoms with Crippen molar-refractivity contribution >= 4 is 28.8 Å². The maximum atomic E-state index is 13.5. The number of benzene rings is 1. The van der Waals surface area contributed by atoms with E-state index >= 15 is 0 Å². The Balaban J connectivity index is 1.43. The molecule has 3 aliphatic rings. The molecule has 2 aliphatic heterocycles. The number of anilines is 1. The molecule has 0 radical (unpaired) electrons. The Kier molecular flexibility index (Phi) is 5.25. The second kappa shape index (κ2) is 8.04. The number of para-hydroxylation sites is 2. The number of ether oxygens (including phenoxy) is 2. The minimum Gasteiger partial charge on any atom is -0.476 e. The van der Waals surface area contributed by atoms with Crippen molar-refractivity contribution in [1.29, 1.82) is 0 Å². The fraction of sp³-hybridized carbons (Fsp3) is 0.478. The Labute approximate surface area is 180 Å². The molecule has 1 fully saturated rings. The van der Waals surface area contributed by atoms with Gasteiger partial charge in [0.2, 0.25) is 0 Å². The lowest BCUT2D eigenvalue weighted by atomic mass is 9.90. The summed E-state index contributed by atoms with van der Waals surface area (Å²) in [6.07, 6.45) is 2.57. The molecule has 3 heterocycles. The molecule has 2 aromatic rings. The number of amides is 2. The zero-order chi connectivity index (χ0) is 20.7. The van der Waals surface area contributed by atoms with Crippen molar-refractivity contribution < 1.29 is 19.1 Å². The first-order valence-corrected chi connectivity index (χ1v) is 11.5. The van der Waals surface area contributed by atoms with Crippen LogP contribution in [0.2, 0.25) is 0 Å². The van der Waals surface area contributed by atoms with Crippen LogP contribution in [0.25, 0.3) is 0 Å². The lowest BCUT2D eigenvalue weighted by molar-refractivity contribution is -0.142. The van der Waals surface area contributed by atoms with E-state index in [2.05, 4.69) is 13.0 Å². The molecule has 30 heavy (non-hydrogen) atoms. The molecule has 1 aliphatic carbocycles. The van der Waals surface area contributed by atoms with Crippen LogP contribution in [-0.2, 0) is 22.4 Å². The van der Waals surface area contributed by atoms with E-state index in [4.69, 9.17) is 9.47 Å².